The maximum absolute atomic E-state index is 11.3. The minimum absolute atomic E-state index is 0.308. The molecule has 0 aromatic heterocycles. The van der Waals surface area contributed by atoms with Crippen molar-refractivity contribution >= 4 is 6.09 Å². The van der Waals surface area contributed by atoms with Crippen LogP contribution >= 0.6 is 0 Å². The molecule has 1 atom stereocenters. The second-order valence-electron chi connectivity index (χ2n) is 4.95. The van der Waals surface area contributed by atoms with E-state index in [1.54, 1.807) is 0 Å². The van der Waals surface area contributed by atoms with Gasteiger partial charge in [0.25, 0.3) is 0 Å². The van der Waals surface area contributed by atoms with Crippen molar-refractivity contribution in [2.45, 2.75) is 59.5 Å². The molecule has 15 heavy (non-hydrogen) atoms. The quantitative estimate of drug-likeness (QED) is 0.764. The van der Waals surface area contributed by atoms with Crippen molar-refractivity contribution in [1.29, 1.82) is 0 Å². The predicted octanol–water partition coefficient (Wildman–Crippen LogP) is 3.34. The molecule has 0 spiro atoms. The van der Waals surface area contributed by atoms with Crippen LogP contribution in [0, 0.1) is 5.92 Å². The molecule has 1 N–H and O–H groups in total. The number of carbonyl (C=O) groups is 1. The number of hydrogen-bond donors (Lipinski definition) is 1. The first-order chi connectivity index (χ1) is 6.89. The summed E-state index contributed by atoms with van der Waals surface area (Å²) in [5.74, 6) is 0.572. The monoisotopic (exact) mass is 215 g/mol. The first-order valence-corrected chi connectivity index (χ1v) is 5.85. The fourth-order valence-corrected chi connectivity index (χ4v) is 1.40. The summed E-state index contributed by atoms with van der Waals surface area (Å²) in [7, 11) is 0. The maximum Gasteiger partial charge on any atom is 0.407 e. The second kappa shape index (κ2) is 6.70. The second-order valence-corrected chi connectivity index (χ2v) is 4.95. The standard InChI is InChI=1S/C12H25NO2/c1-6-8-10(7-2)9-13-11(14)15-12(3,4)5/h10H,6-9H2,1-5H3,(H,13,14)/t10-/m0/s1. The summed E-state index contributed by atoms with van der Waals surface area (Å²) in [6.07, 6.45) is 3.11. The van der Waals surface area contributed by atoms with Gasteiger partial charge in [0.05, 0.1) is 0 Å². The van der Waals surface area contributed by atoms with Gasteiger partial charge in [0.2, 0.25) is 0 Å². The lowest BCUT2D eigenvalue weighted by Gasteiger charge is -2.21. The third-order valence-electron chi connectivity index (χ3n) is 2.21. The van der Waals surface area contributed by atoms with Crippen molar-refractivity contribution in [2.75, 3.05) is 6.54 Å². The molecule has 0 aliphatic heterocycles. The zero-order valence-electron chi connectivity index (χ0n) is 10.7. The molecule has 0 rings (SSSR count). The summed E-state index contributed by atoms with van der Waals surface area (Å²) in [6.45, 7) is 10.6. The van der Waals surface area contributed by atoms with Crippen LogP contribution in [-0.4, -0.2) is 18.2 Å². The number of alkyl carbamates (subject to hydrolysis) is 1. The third kappa shape index (κ3) is 8.28. The van der Waals surface area contributed by atoms with Gasteiger partial charge in [0.1, 0.15) is 5.60 Å². The molecule has 0 aromatic carbocycles. The molecule has 1 amide bonds. The van der Waals surface area contributed by atoms with E-state index in [1.165, 1.54) is 0 Å². The molecule has 0 aromatic rings. The molecule has 90 valence electrons. The molecule has 0 unspecified atom stereocenters. The van der Waals surface area contributed by atoms with Crippen LogP contribution in [0.5, 0.6) is 0 Å². The van der Waals surface area contributed by atoms with Gasteiger partial charge in [-0.3, -0.25) is 0 Å². The maximum atomic E-state index is 11.3. The van der Waals surface area contributed by atoms with Crippen LogP contribution in [0.1, 0.15) is 53.9 Å². The van der Waals surface area contributed by atoms with E-state index in [-0.39, 0.29) is 6.09 Å². The van der Waals surface area contributed by atoms with Gasteiger partial charge in [0.15, 0.2) is 0 Å². The summed E-state index contributed by atoms with van der Waals surface area (Å²) in [5.41, 5.74) is -0.406. The molecule has 3 nitrogen and oxygen atoms in total. The van der Waals surface area contributed by atoms with E-state index in [4.69, 9.17) is 4.74 Å². The van der Waals surface area contributed by atoms with E-state index in [9.17, 15) is 4.79 Å². The molecular formula is C12H25NO2. The van der Waals surface area contributed by atoms with Crippen LogP contribution in [0.15, 0.2) is 0 Å². The van der Waals surface area contributed by atoms with Gasteiger partial charge >= 0.3 is 6.09 Å². The summed E-state index contributed by atoms with van der Waals surface area (Å²) >= 11 is 0. The molecule has 0 saturated heterocycles. The Labute approximate surface area is 93.6 Å². The molecule has 0 fully saturated rings. The van der Waals surface area contributed by atoms with E-state index in [0.29, 0.717) is 5.92 Å². The summed E-state index contributed by atoms with van der Waals surface area (Å²) < 4.78 is 5.16. The Morgan fingerprint density at radius 1 is 1.33 bits per heavy atom. The molecule has 0 aliphatic carbocycles. The number of carbonyl (C=O) groups excluding carboxylic acids is 1. The Morgan fingerprint density at radius 2 is 1.93 bits per heavy atom. The smallest absolute Gasteiger partial charge is 0.407 e. The van der Waals surface area contributed by atoms with Crippen molar-refractivity contribution in [3.05, 3.63) is 0 Å². The Hall–Kier alpha value is -0.730. The minimum atomic E-state index is -0.406. The molecule has 3 heteroatoms. The van der Waals surface area contributed by atoms with E-state index in [1.807, 2.05) is 20.8 Å². The SMILES string of the molecule is CCC[C@H](CC)CNC(=O)OC(C)(C)C. The zero-order chi connectivity index (χ0) is 11.9. The van der Waals surface area contributed by atoms with Crippen molar-refractivity contribution < 1.29 is 9.53 Å². The Balaban J connectivity index is 3.78. The zero-order valence-corrected chi connectivity index (χ0v) is 10.7. The number of rotatable bonds is 5. The third-order valence-corrected chi connectivity index (χ3v) is 2.21. The van der Waals surface area contributed by atoms with Crippen LogP contribution < -0.4 is 5.32 Å². The number of amides is 1. The van der Waals surface area contributed by atoms with Crippen molar-refractivity contribution in [3.63, 3.8) is 0 Å². The Morgan fingerprint density at radius 3 is 2.33 bits per heavy atom. The molecule has 0 heterocycles. The van der Waals surface area contributed by atoms with Gasteiger partial charge < -0.3 is 10.1 Å². The number of nitrogens with one attached hydrogen (secondary N) is 1. The largest absolute Gasteiger partial charge is 0.444 e. The molecule has 0 radical (unpaired) electrons. The fourth-order valence-electron chi connectivity index (χ4n) is 1.40. The molecule has 0 bridgehead atoms. The minimum Gasteiger partial charge on any atom is -0.444 e. The Bertz CT molecular complexity index is 185. The highest BCUT2D eigenvalue weighted by molar-refractivity contribution is 5.67. The van der Waals surface area contributed by atoms with Gasteiger partial charge in [0, 0.05) is 6.54 Å². The van der Waals surface area contributed by atoms with E-state index < -0.39 is 5.60 Å². The van der Waals surface area contributed by atoms with Crippen molar-refractivity contribution in [3.8, 4) is 0 Å². The van der Waals surface area contributed by atoms with Gasteiger partial charge in [-0.1, -0.05) is 26.7 Å². The molecular weight excluding hydrogens is 190 g/mol. The van der Waals surface area contributed by atoms with Gasteiger partial charge in [-0.25, -0.2) is 4.79 Å². The van der Waals surface area contributed by atoms with E-state index in [2.05, 4.69) is 19.2 Å². The van der Waals surface area contributed by atoms with Crippen LogP contribution in [0.3, 0.4) is 0 Å². The van der Waals surface area contributed by atoms with Crippen LogP contribution in [0.2, 0.25) is 0 Å². The predicted molar refractivity (Wildman–Crippen MR) is 62.9 cm³/mol. The average Bonchev–Trinajstić information content (AvgIpc) is 2.09. The van der Waals surface area contributed by atoms with Crippen LogP contribution in [0.4, 0.5) is 4.79 Å². The summed E-state index contributed by atoms with van der Waals surface area (Å²) in [4.78, 5) is 11.3. The fraction of sp³-hybridized carbons (Fsp3) is 0.917. The topological polar surface area (TPSA) is 38.3 Å². The van der Waals surface area contributed by atoms with E-state index >= 15 is 0 Å². The summed E-state index contributed by atoms with van der Waals surface area (Å²) in [6, 6.07) is 0. The van der Waals surface area contributed by atoms with Crippen molar-refractivity contribution in [1.82, 2.24) is 5.32 Å². The lowest BCUT2D eigenvalue weighted by Crippen LogP contribution is -2.35. The highest BCUT2D eigenvalue weighted by atomic mass is 16.6. The lowest BCUT2D eigenvalue weighted by molar-refractivity contribution is 0.0518. The van der Waals surface area contributed by atoms with Gasteiger partial charge in [-0.05, 0) is 33.1 Å². The average molecular weight is 215 g/mol. The number of hydrogen-bond acceptors (Lipinski definition) is 2. The molecule has 0 aliphatic rings. The van der Waals surface area contributed by atoms with Gasteiger partial charge in [-0.2, -0.15) is 0 Å². The van der Waals surface area contributed by atoms with E-state index in [0.717, 1.165) is 25.8 Å². The van der Waals surface area contributed by atoms with Crippen molar-refractivity contribution in [2.24, 2.45) is 5.92 Å². The molecule has 0 saturated carbocycles. The number of ether oxygens (including phenoxy) is 1. The highest BCUT2D eigenvalue weighted by Gasteiger charge is 2.16. The summed E-state index contributed by atoms with van der Waals surface area (Å²) in [5, 5.41) is 2.81. The lowest BCUT2D eigenvalue weighted by atomic mass is 10.0. The normalized spacial score (nSPS) is 13.4. The van der Waals surface area contributed by atoms with Crippen LogP contribution in [0.25, 0.3) is 0 Å². The first kappa shape index (κ1) is 14.3. The van der Waals surface area contributed by atoms with Crippen LogP contribution in [-0.2, 0) is 4.74 Å². The first-order valence-electron chi connectivity index (χ1n) is 5.85. The van der Waals surface area contributed by atoms with Gasteiger partial charge in [-0.15, -0.1) is 0 Å². The Kier molecular flexibility index (Phi) is 6.37. The highest BCUT2D eigenvalue weighted by Crippen LogP contribution is 2.10.